The van der Waals surface area contributed by atoms with E-state index in [4.69, 9.17) is 5.26 Å². The van der Waals surface area contributed by atoms with E-state index in [2.05, 4.69) is 11.1 Å². The maximum atomic E-state index is 8.99. The van der Waals surface area contributed by atoms with Crippen LogP contribution >= 0.6 is 0 Å². The molecule has 0 saturated carbocycles. The van der Waals surface area contributed by atoms with Gasteiger partial charge in [-0.15, -0.1) is 0 Å². The van der Waals surface area contributed by atoms with Crippen molar-refractivity contribution in [3.63, 3.8) is 0 Å². The van der Waals surface area contributed by atoms with Crippen LogP contribution in [0, 0.1) is 18.3 Å². The zero-order valence-electron chi connectivity index (χ0n) is 9.14. The van der Waals surface area contributed by atoms with E-state index >= 15 is 0 Å². The van der Waals surface area contributed by atoms with Gasteiger partial charge in [-0.05, 0) is 42.7 Å². The maximum absolute atomic E-state index is 8.99. The molecule has 16 heavy (non-hydrogen) atoms. The molecule has 0 saturated heterocycles. The molecule has 2 rings (SSSR count). The quantitative estimate of drug-likeness (QED) is 0.760. The van der Waals surface area contributed by atoms with Gasteiger partial charge >= 0.3 is 0 Å². The minimum absolute atomic E-state index is 0.747. The Kier molecular flexibility index (Phi) is 2.98. The number of nitriles is 1. The molecular weight excluding hydrogens is 196 g/mol. The second-order valence-corrected chi connectivity index (χ2v) is 3.75. The molecule has 2 aromatic rings. The molecule has 78 valence electrons. The Morgan fingerprint density at radius 2 is 2.06 bits per heavy atom. The average molecular weight is 208 g/mol. The molecule has 2 nitrogen and oxygen atoms in total. The summed E-state index contributed by atoms with van der Waals surface area (Å²) < 4.78 is 0. The van der Waals surface area contributed by atoms with E-state index < -0.39 is 0 Å². The highest BCUT2D eigenvalue weighted by Gasteiger charge is 2.02. The van der Waals surface area contributed by atoms with E-state index in [-0.39, 0.29) is 0 Å². The van der Waals surface area contributed by atoms with Crippen LogP contribution in [0.2, 0.25) is 0 Å². The summed E-state index contributed by atoms with van der Waals surface area (Å²) in [5, 5.41) is 8.99. The fourth-order valence-electron chi connectivity index (χ4n) is 1.72. The van der Waals surface area contributed by atoms with Crippen LogP contribution in [0.4, 0.5) is 0 Å². The fraction of sp³-hybridized carbons (Fsp3) is 0.143. The lowest BCUT2D eigenvalue weighted by Crippen LogP contribution is -1.93. The Morgan fingerprint density at radius 1 is 1.25 bits per heavy atom. The van der Waals surface area contributed by atoms with Crippen molar-refractivity contribution in [2.24, 2.45) is 0 Å². The van der Waals surface area contributed by atoms with Gasteiger partial charge in [0, 0.05) is 11.9 Å². The summed E-state index contributed by atoms with van der Waals surface area (Å²) in [4.78, 5) is 4.16. The smallest absolute Gasteiger partial charge is 0.0994 e. The molecule has 0 spiro atoms. The minimum Gasteiger partial charge on any atom is -0.262 e. The van der Waals surface area contributed by atoms with Gasteiger partial charge in [-0.3, -0.25) is 4.98 Å². The third-order valence-electron chi connectivity index (χ3n) is 2.49. The summed E-state index contributed by atoms with van der Waals surface area (Å²) in [7, 11) is 0. The molecule has 0 amide bonds. The van der Waals surface area contributed by atoms with Crippen LogP contribution in [0.1, 0.15) is 22.4 Å². The highest BCUT2D eigenvalue weighted by molar-refractivity contribution is 5.40. The van der Waals surface area contributed by atoms with Crippen molar-refractivity contribution < 1.29 is 0 Å². The van der Waals surface area contributed by atoms with Crippen LogP contribution in [-0.4, -0.2) is 4.98 Å². The molecule has 0 aliphatic rings. The van der Waals surface area contributed by atoms with Crippen LogP contribution in [0.3, 0.4) is 0 Å². The first-order valence-corrected chi connectivity index (χ1v) is 5.19. The van der Waals surface area contributed by atoms with Gasteiger partial charge in [0.15, 0.2) is 0 Å². The number of nitrogens with zero attached hydrogens (tertiary/aromatic N) is 2. The van der Waals surface area contributed by atoms with Gasteiger partial charge in [0.2, 0.25) is 0 Å². The number of rotatable bonds is 2. The number of aromatic nitrogens is 1. The predicted octanol–water partition coefficient (Wildman–Crippen LogP) is 2.85. The molecule has 1 heterocycles. The highest BCUT2D eigenvalue weighted by atomic mass is 14.6. The molecule has 2 heteroatoms. The second-order valence-electron chi connectivity index (χ2n) is 3.75. The van der Waals surface area contributed by atoms with Gasteiger partial charge in [0.25, 0.3) is 0 Å². The van der Waals surface area contributed by atoms with Gasteiger partial charge in [-0.2, -0.15) is 5.26 Å². The van der Waals surface area contributed by atoms with Gasteiger partial charge in [-0.25, -0.2) is 0 Å². The number of hydrogen-bond donors (Lipinski definition) is 0. The molecule has 0 bridgehead atoms. The molecule has 0 aliphatic carbocycles. The van der Waals surface area contributed by atoms with Crippen LogP contribution in [0.25, 0.3) is 0 Å². The number of hydrogen-bond acceptors (Lipinski definition) is 2. The van der Waals surface area contributed by atoms with Crippen LogP contribution in [-0.2, 0) is 6.42 Å². The van der Waals surface area contributed by atoms with Crippen molar-refractivity contribution in [1.82, 2.24) is 4.98 Å². The van der Waals surface area contributed by atoms with Crippen molar-refractivity contribution in [3.05, 3.63) is 65.0 Å². The number of pyridine rings is 1. The third-order valence-corrected chi connectivity index (χ3v) is 2.49. The largest absolute Gasteiger partial charge is 0.262 e. The Morgan fingerprint density at radius 3 is 2.81 bits per heavy atom. The van der Waals surface area contributed by atoms with E-state index in [1.165, 1.54) is 5.56 Å². The Hall–Kier alpha value is -2.14. The molecule has 0 radical (unpaired) electrons. The molecule has 1 aromatic carbocycles. The average Bonchev–Trinajstić information content (AvgIpc) is 2.30. The Balaban J connectivity index is 2.31. The van der Waals surface area contributed by atoms with Crippen molar-refractivity contribution in [3.8, 4) is 6.07 Å². The molecule has 0 atom stereocenters. The van der Waals surface area contributed by atoms with Crippen LogP contribution in [0.5, 0.6) is 0 Å². The Labute approximate surface area is 95.2 Å². The Bertz CT molecular complexity index is 538. The lowest BCUT2D eigenvalue weighted by Gasteiger charge is -2.04. The summed E-state index contributed by atoms with van der Waals surface area (Å²) in [5.41, 5.74) is 4.01. The SMILES string of the molecule is Cc1cc(Cc2ccccc2C#N)ccn1. The minimum atomic E-state index is 0.747. The standard InChI is InChI=1S/C14H12N2/c1-11-8-12(6-7-16-11)9-13-4-2-3-5-14(13)10-15/h2-8H,9H2,1H3. The monoisotopic (exact) mass is 208 g/mol. The molecule has 0 aliphatic heterocycles. The molecular formula is C14H12N2. The summed E-state index contributed by atoms with van der Waals surface area (Å²) in [6.45, 7) is 1.97. The van der Waals surface area contributed by atoms with E-state index in [0.717, 1.165) is 23.2 Å². The number of aryl methyl sites for hydroxylation is 1. The van der Waals surface area contributed by atoms with Crippen molar-refractivity contribution in [2.45, 2.75) is 13.3 Å². The third kappa shape index (κ3) is 2.26. The van der Waals surface area contributed by atoms with Crippen molar-refractivity contribution in [1.29, 1.82) is 5.26 Å². The van der Waals surface area contributed by atoms with E-state index in [0.29, 0.717) is 0 Å². The lowest BCUT2D eigenvalue weighted by molar-refractivity contribution is 1.11. The molecule has 0 fully saturated rings. The van der Waals surface area contributed by atoms with E-state index in [1.807, 2.05) is 43.3 Å². The summed E-state index contributed by atoms with van der Waals surface area (Å²) in [6, 6.07) is 13.9. The van der Waals surface area contributed by atoms with Crippen LogP contribution in [0.15, 0.2) is 42.6 Å². The highest BCUT2D eigenvalue weighted by Crippen LogP contribution is 2.13. The van der Waals surface area contributed by atoms with E-state index in [1.54, 1.807) is 6.20 Å². The van der Waals surface area contributed by atoms with Gasteiger partial charge in [0.05, 0.1) is 11.6 Å². The van der Waals surface area contributed by atoms with Crippen LogP contribution < -0.4 is 0 Å². The fourth-order valence-corrected chi connectivity index (χ4v) is 1.72. The first-order valence-electron chi connectivity index (χ1n) is 5.19. The van der Waals surface area contributed by atoms with Gasteiger partial charge < -0.3 is 0 Å². The first kappa shape index (κ1) is 10.4. The zero-order chi connectivity index (χ0) is 11.4. The number of benzene rings is 1. The molecule has 0 N–H and O–H groups in total. The summed E-state index contributed by atoms with van der Waals surface area (Å²) in [5.74, 6) is 0. The summed E-state index contributed by atoms with van der Waals surface area (Å²) in [6.07, 6.45) is 2.59. The van der Waals surface area contributed by atoms with Crippen molar-refractivity contribution >= 4 is 0 Å². The predicted molar refractivity (Wildman–Crippen MR) is 62.9 cm³/mol. The topological polar surface area (TPSA) is 36.7 Å². The van der Waals surface area contributed by atoms with E-state index in [9.17, 15) is 0 Å². The maximum Gasteiger partial charge on any atom is 0.0994 e. The normalized spacial score (nSPS) is 9.75. The molecule has 1 aromatic heterocycles. The van der Waals surface area contributed by atoms with Gasteiger partial charge in [0.1, 0.15) is 0 Å². The lowest BCUT2D eigenvalue weighted by atomic mass is 10.0. The van der Waals surface area contributed by atoms with Crippen molar-refractivity contribution in [2.75, 3.05) is 0 Å². The van der Waals surface area contributed by atoms with Gasteiger partial charge in [-0.1, -0.05) is 18.2 Å². The summed E-state index contributed by atoms with van der Waals surface area (Å²) >= 11 is 0. The first-order chi connectivity index (χ1) is 7.79. The molecule has 0 unspecified atom stereocenters. The zero-order valence-corrected chi connectivity index (χ0v) is 9.14. The second kappa shape index (κ2) is 4.59.